The lowest BCUT2D eigenvalue weighted by Gasteiger charge is -2.33. The van der Waals surface area contributed by atoms with E-state index >= 15 is 0 Å². The van der Waals surface area contributed by atoms with Crippen molar-refractivity contribution in [2.45, 2.75) is 47.1 Å². The average molecular weight is 403 g/mol. The zero-order chi connectivity index (χ0) is 20.5. The van der Waals surface area contributed by atoms with Crippen LogP contribution in [0.1, 0.15) is 48.1 Å². The van der Waals surface area contributed by atoms with Gasteiger partial charge in [-0.05, 0) is 49.4 Å². The van der Waals surface area contributed by atoms with Gasteiger partial charge < -0.3 is 4.84 Å². The number of benzene rings is 2. The van der Waals surface area contributed by atoms with Crippen LogP contribution >= 0.6 is 0 Å². The van der Waals surface area contributed by atoms with E-state index in [9.17, 15) is 8.42 Å². The van der Waals surface area contributed by atoms with Crippen molar-refractivity contribution < 1.29 is 17.8 Å². The summed E-state index contributed by atoms with van der Waals surface area (Å²) in [6.07, 6.45) is 1.78. The van der Waals surface area contributed by atoms with Gasteiger partial charge in [-0.3, -0.25) is 9.27 Å². The first-order valence-corrected chi connectivity index (χ1v) is 10.6. The molecule has 0 amide bonds. The Morgan fingerprint density at radius 3 is 2.50 bits per heavy atom. The van der Waals surface area contributed by atoms with Gasteiger partial charge in [-0.2, -0.15) is 8.42 Å². The van der Waals surface area contributed by atoms with Gasteiger partial charge in [0.2, 0.25) is 0 Å². The van der Waals surface area contributed by atoms with Crippen molar-refractivity contribution in [2.75, 3.05) is 4.72 Å². The highest BCUT2D eigenvalue weighted by molar-refractivity contribution is 7.87. The Morgan fingerprint density at radius 1 is 1.18 bits per heavy atom. The Hall–Kier alpha value is -2.38. The van der Waals surface area contributed by atoms with Gasteiger partial charge in [0.15, 0.2) is 0 Å². The van der Waals surface area contributed by atoms with Crippen molar-refractivity contribution in [1.82, 2.24) is 0 Å². The number of aryl methyl sites for hydroxylation is 3. The highest BCUT2D eigenvalue weighted by Crippen LogP contribution is 2.38. The zero-order valence-electron chi connectivity index (χ0n) is 16.6. The van der Waals surface area contributed by atoms with Gasteiger partial charge in [0.1, 0.15) is 6.61 Å². The summed E-state index contributed by atoms with van der Waals surface area (Å²) in [5, 5.41) is 4.44. The predicted molar refractivity (Wildman–Crippen MR) is 111 cm³/mol. The first-order chi connectivity index (χ1) is 13.0. The van der Waals surface area contributed by atoms with Crippen LogP contribution in [0, 0.1) is 19.3 Å². The highest BCUT2D eigenvalue weighted by atomic mass is 32.2. The summed E-state index contributed by atoms with van der Waals surface area (Å²) in [5.41, 5.74) is 5.80. The lowest BCUT2D eigenvalue weighted by molar-refractivity contribution is 0.127. The number of oxime groups is 1. The van der Waals surface area contributed by atoms with Gasteiger partial charge >= 0.3 is 10.3 Å². The molecule has 0 saturated carbocycles. The zero-order valence-corrected chi connectivity index (χ0v) is 17.4. The highest BCUT2D eigenvalue weighted by Gasteiger charge is 2.33. The molecule has 7 heteroatoms. The topological polar surface area (TPSA) is 88.0 Å². The Morgan fingerprint density at radius 2 is 1.86 bits per heavy atom. The average Bonchev–Trinajstić information content (AvgIpc) is 2.59. The molecule has 0 aliphatic heterocycles. The van der Waals surface area contributed by atoms with Crippen molar-refractivity contribution in [1.29, 1.82) is 0 Å². The minimum atomic E-state index is -4.35. The van der Waals surface area contributed by atoms with Crippen molar-refractivity contribution >= 4 is 21.7 Å². The maximum atomic E-state index is 11.3. The van der Waals surface area contributed by atoms with E-state index in [1.807, 2.05) is 37.3 Å². The van der Waals surface area contributed by atoms with Crippen molar-refractivity contribution in [3.63, 3.8) is 0 Å². The van der Waals surface area contributed by atoms with Gasteiger partial charge in [0.05, 0.1) is 11.4 Å². The third kappa shape index (κ3) is 4.72. The monoisotopic (exact) mass is 402 g/mol. The number of hydrogen-bond acceptors (Lipinski definition) is 4. The molecule has 2 N–H and O–H groups in total. The van der Waals surface area contributed by atoms with E-state index in [0.29, 0.717) is 12.3 Å². The summed E-state index contributed by atoms with van der Waals surface area (Å²) < 4.78 is 33.9. The van der Waals surface area contributed by atoms with Crippen LogP contribution < -0.4 is 4.72 Å². The molecule has 1 aliphatic carbocycles. The second-order valence-corrected chi connectivity index (χ2v) is 9.14. The minimum absolute atomic E-state index is 0.217. The summed E-state index contributed by atoms with van der Waals surface area (Å²) in [6.45, 7) is 8.39. The molecule has 0 spiro atoms. The minimum Gasteiger partial charge on any atom is -0.391 e. The standard InChI is InChI=1S/C21H26N2O4S/c1-14-5-7-16(8-6-14)13-27-22-20-18-12-19(23-28(24,25)26)15(2)11-17(18)9-10-21(20,3)4/h5-8,11-12,23H,9-10,13H2,1-4H3,(H,24,25,26). The fourth-order valence-electron chi connectivity index (χ4n) is 3.40. The summed E-state index contributed by atoms with van der Waals surface area (Å²) in [4.78, 5) is 5.66. The summed E-state index contributed by atoms with van der Waals surface area (Å²) in [7, 11) is -4.35. The fraction of sp³-hybridized carbons (Fsp3) is 0.381. The number of nitrogens with one attached hydrogen (secondary N) is 1. The molecular weight excluding hydrogens is 376 g/mol. The number of fused-ring (bicyclic) bond motifs is 1. The third-order valence-corrected chi connectivity index (χ3v) is 5.59. The molecule has 3 rings (SSSR count). The summed E-state index contributed by atoms with van der Waals surface area (Å²) >= 11 is 0. The van der Waals surface area contributed by atoms with Gasteiger partial charge in [-0.15, -0.1) is 0 Å². The molecule has 0 heterocycles. The third-order valence-electron chi connectivity index (χ3n) is 5.11. The second kappa shape index (κ2) is 7.56. The molecule has 0 fully saturated rings. The Kier molecular flexibility index (Phi) is 5.50. The molecular formula is C21H26N2O4S. The number of anilines is 1. The molecule has 2 aromatic carbocycles. The van der Waals surface area contributed by atoms with Crippen LogP contribution in [0.3, 0.4) is 0 Å². The lowest BCUT2D eigenvalue weighted by atomic mass is 9.72. The van der Waals surface area contributed by atoms with E-state index in [2.05, 4.69) is 23.7 Å². The maximum Gasteiger partial charge on any atom is 0.357 e. The molecule has 1 aliphatic rings. The molecule has 28 heavy (non-hydrogen) atoms. The summed E-state index contributed by atoms with van der Waals surface area (Å²) in [5.74, 6) is 0. The molecule has 0 unspecified atom stereocenters. The molecule has 0 aromatic heterocycles. The number of nitrogens with zero attached hydrogens (tertiary/aromatic N) is 1. The largest absolute Gasteiger partial charge is 0.391 e. The van der Waals surface area contributed by atoms with Crippen LogP contribution in [0.4, 0.5) is 5.69 Å². The Balaban J connectivity index is 1.93. The molecule has 150 valence electrons. The van der Waals surface area contributed by atoms with Crippen LogP contribution in [0.25, 0.3) is 0 Å². The van der Waals surface area contributed by atoms with Crippen LogP contribution in [0.2, 0.25) is 0 Å². The molecule has 0 atom stereocenters. The van der Waals surface area contributed by atoms with Crippen LogP contribution in [0.5, 0.6) is 0 Å². The van der Waals surface area contributed by atoms with E-state index in [1.165, 1.54) is 5.56 Å². The van der Waals surface area contributed by atoms with Gasteiger partial charge in [0.25, 0.3) is 0 Å². The van der Waals surface area contributed by atoms with Crippen LogP contribution in [-0.2, 0) is 28.2 Å². The number of rotatable bonds is 5. The summed E-state index contributed by atoms with van der Waals surface area (Å²) in [6, 6.07) is 11.7. The normalized spacial score (nSPS) is 17.2. The molecule has 0 radical (unpaired) electrons. The first kappa shape index (κ1) is 20.4. The molecule has 6 nitrogen and oxygen atoms in total. The van der Waals surface area contributed by atoms with E-state index in [4.69, 9.17) is 9.39 Å². The van der Waals surface area contributed by atoms with Gasteiger partial charge in [-0.1, -0.05) is 54.9 Å². The van der Waals surface area contributed by atoms with Crippen molar-refractivity contribution in [3.05, 3.63) is 64.2 Å². The number of hydrogen-bond donors (Lipinski definition) is 2. The van der Waals surface area contributed by atoms with Gasteiger partial charge in [0, 0.05) is 11.0 Å². The van der Waals surface area contributed by atoms with E-state index in [0.717, 1.165) is 40.8 Å². The maximum absolute atomic E-state index is 11.3. The smallest absolute Gasteiger partial charge is 0.357 e. The van der Waals surface area contributed by atoms with Crippen molar-refractivity contribution in [3.8, 4) is 0 Å². The quantitative estimate of drug-likeness (QED) is 0.573. The predicted octanol–water partition coefficient (Wildman–Crippen LogP) is 4.41. The van der Waals surface area contributed by atoms with Crippen LogP contribution in [-0.4, -0.2) is 18.7 Å². The van der Waals surface area contributed by atoms with E-state index in [1.54, 1.807) is 13.0 Å². The first-order valence-electron chi connectivity index (χ1n) is 9.20. The SMILES string of the molecule is Cc1ccc(CON=C2c3cc(NS(=O)(=O)O)c(C)cc3CCC2(C)C)cc1. The molecule has 2 aromatic rings. The fourth-order valence-corrected chi connectivity index (χ4v) is 3.90. The Labute approximate surface area is 166 Å². The van der Waals surface area contributed by atoms with Crippen LogP contribution in [0.15, 0.2) is 41.6 Å². The second-order valence-electron chi connectivity index (χ2n) is 7.98. The lowest BCUT2D eigenvalue weighted by Crippen LogP contribution is -2.32. The van der Waals surface area contributed by atoms with E-state index in [-0.39, 0.29) is 5.41 Å². The van der Waals surface area contributed by atoms with Crippen molar-refractivity contribution in [2.24, 2.45) is 10.6 Å². The van der Waals surface area contributed by atoms with E-state index < -0.39 is 10.3 Å². The molecule has 0 bridgehead atoms. The Bertz CT molecular complexity index is 1010. The molecule has 0 saturated heterocycles. The van der Waals surface area contributed by atoms with Gasteiger partial charge in [-0.25, -0.2) is 0 Å².